The van der Waals surface area contributed by atoms with Gasteiger partial charge in [-0.25, -0.2) is 0 Å². The van der Waals surface area contributed by atoms with E-state index in [1.807, 2.05) is 6.92 Å². The molecule has 0 bridgehead atoms. The summed E-state index contributed by atoms with van der Waals surface area (Å²) in [5.74, 6) is 1.13. The second-order valence-electron chi connectivity index (χ2n) is 5.58. The lowest BCUT2D eigenvalue weighted by atomic mass is 9.71. The van der Waals surface area contributed by atoms with E-state index in [4.69, 9.17) is 4.74 Å². The smallest absolute Gasteiger partial charge is 0.326 e. The summed E-state index contributed by atoms with van der Waals surface area (Å²) in [6, 6.07) is 0. The highest BCUT2D eigenvalue weighted by Gasteiger charge is 2.44. The zero-order valence-electron chi connectivity index (χ0n) is 11.7. The first-order chi connectivity index (χ1) is 8.04. The maximum atomic E-state index is 12.2. The Kier molecular flexibility index (Phi) is 5.44. The number of hydrogen-bond acceptors (Lipinski definition) is 3. The highest BCUT2D eigenvalue weighted by atomic mass is 16.5. The normalized spacial score (nSPS) is 33.4. The molecule has 0 aromatic carbocycles. The Hall–Kier alpha value is -0.570. The minimum atomic E-state index is -0.427. The molecule has 1 aliphatic carbocycles. The molecule has 0 amide bonds. The van der Waals surface area contributed by atoms with Gasteiger partial charge >= 0.3 is 5.97 Å². The Morgan fingerprint density at radius 3 is 2.35 bits per heavy atom. The maximum absolute atomic E-state index is 12.2. The first kappa shape index (κ1) is 14.5. The van der Waals surface area contributed by atoms with E-state index >= 15 is 0 Å². The second-order valence-corrected chi connectivity index (χ2v) is 5.58. The third-order valence-electron chi connectivity index (χ3n) is 3.58. The van der Waals surface area contributed by atoms with Crippen LogP contribution in [0.2, 0.25) is 0 Å². The van der Waals surface area contributed by atoms with Crippen molar-refractivity contribution in [3.8, 4) is 0 Å². The molecule has 0 aliphatic heterocycles. The predicted molar refractivity (Wildman–Crippen MR) is 69.8 cm³/mol. The molecular formula is C14H27NO2. The standard InChI is InChI=1S/C14H27NO2/c1-5-7-15-14(13(16)17-6-2)9-11(3)8-12(4)10-14/h11-12,15H,5-10H2,1-4H3. The van der Waals surface area contributed by atoms with Crippen LogP contribution in [0.3, 0.4) is 0 Å². The molecule has 1 rings (SSSR count). The molecule has 0 heterocycles. The number of ether oxygens (including phenoxy) is 1. The molecule has 2 unspecified atom stereocenters. The number of esters is 1. The van der Waals surface area contributed by atoms with Gasteiger partial charge in [-0.15, -0.1) is 0 Å². The molecule has 17 heavy (non-hydrogen) atoms. The van der Waals surface area contributed by atoms with Crippen molar-refractivity contribution in [2.24, 2.45) is 11.8 Å². The van der Waals surface area contributed by atoms with Gasteiger partial charge in [0.05, 0.1) is 6.61 Å². The van der Waals surface area contributed by atoms with E-state index in [0.717, 1.165) is 25.8 Å². The highest BCUT2D eigenvalue weighted by Crippen LogP contribution is 2.36. The average molecular weight is 241 g/mol. The minimum Gasteiger partial charge on any atom is -0.465 e. The van der Waals surface area contributed by atoms with Gasteiger partial charge in [-0.3, -0.25) is 4.79 Å². The van der Waals surface area contributed by atoms with Crippen LogP contribution in [-0.4, -0.2) is 24.7 Å². The summed E-state index contributed by atoms with van der Waals surface area (Å²) < 4.78 is 5.28. The molecule has 3 nitrogen and oxygen atoms in total. The van der Waals surface area contributed by atoms with Gasteiger partial charge < -0.3 is 10.1 Å². The van der Waals surface area contributed by atoms with Crippen molar-refractivity contribution in [3.63, 3.8) is 0 Å². The van der Waals surface area contributed by atoms with E-state index in [1.165, 1.54) is 6.42 Å². The third-order valence-corrected chi connectivity index (χ3v) is 3.58. The molecule has 1 aliphatic rings. The fourth-order valence-electron chi connectivity index (χ4n) is 3.14. The zero-order valence-corrected chi connectivity index (χ0v) is 11.7. The number of carbonyl (C=O) groups is 1. The van der Waals surface area contributed by atoms with Gasteiger partial charge in [-0.1, -0.05) is 20.8 Å². The Morgan fingerprint density at radius 1 is 1.29 bits per heavy atom. The lowest BCUT2D eigenvalue weighted by molar-refractivity contribution is -0.154. The topological polar surface area (TPSA) is 38.3 Å². The van der Waals surface area contributed by atoms with E-state index < -0.39 is 5.54 Å². The average Bonchev–Trinajstić information content (AvgIpc) is 2.25. The zero-order chi connectivity index (χ0) is 12.9. The molecule has 0 radical (unpaired) electrons. The largest absolute Gasteiger partial charge is 0.465 e. The van der Waals surface area contributed by atoms with E-state index in [-0.39, 0.29) is 5.97 Å². The van der Waals surface area contributed by atoms with Crippen molar-refractivity contribution in [2.75, 3.05) is 13.2 Å². The van der Waals surface area contributed by atoms with Gasteiger partial charge in [0.25, 0.3) is 0 Å². The summed E-state index contributed by atoms with van der Waals surface area (Å²) >= 11 is 0. The van der Waals surface area contributed by atoms with Crippen LogP contribution >= 0.6 is 0 Å². The van der Waals surface area contributed by atoms with Crippen LogP contribution in [0.15, 0.2) is 0 Å². The van der Waals surface area contributed by atoms with Crippen molar-refractivity contribution < 1.29 is 9.53 Å². The summed E-state index contributed by atoms with van der Waals surface area (Å²) in [7, 11) is 0. The fraction of sp³-hybridized carbons (Fsp3) is 0.929. The van der Waals surface area contributed by atoms with E-state index in [2.05, 4.69) is 26.1 Å². The van der Waals surface area contributed by atoms with Crippen LogP contribution in [0.25, 0.3) is 0 Å². The number of hydrogen-bond donors (Lipinski definition) is 1. The number of carbonyl (C=O) groups excluding carboxylic acids is 1. The Balaban J connectivity index is 2.79. The Morgan fingerprint density at radius 2 is 1.88 bits per heavy atom. The summed E-state index contributed by atoms with van der Waals surface area (Å²) in [5.41, 5.74) is -0.427. The van der Waals surface area contributed by atoms with Gasteiger partial charge in [0.15, 0.2) is 0 Å². The molecule has 0 spiro atoms. The summed E-state index contributed by atoms with van der Waals surface area (Å²) in [4.78, 5) is 12.2. The summed E-state index contributed by atoms with van der Waals surface area (Å²) in [6.45, 7) is 9.83. The van der Waals surface area contributed by atoms with E-state index in [9.17, 15) is 4.79 Å². The van der Waals surface area contributed by atoms with Crippen LogP contribution in [0.1, 0.15) is 53.4 Å². The molecule has 1 saturated carbocycles. The van der Waals surface area contributed by atoms with Crippen molar-refractivity contribution in [1.82, 2.24) is 5.32 Å². The molecule has 1 N–H and O–H groups in total. The third kappa shape index (κ3) is 3.70. The monoisotopic (exact) mass is 241 g/mol. The molecule has 100 valence electrons. The molecular weight excluding hydrogens is 214 g/mol. The Bertz CT molecular complexity index is 243. The van der Waals surface area contributed by atoms with Gasteiger partial charge in [0.2, 0.25) is 0 Å². The molecule has 3 heteroatoms. The van der Waals surface area contributed by atoms with Crippen LogP contribution in [-0.2, 0) is 9.53 Å². The first-order valence-electron chi connectivity index (χ1n) is 6.96. The van der Waals surface area contributed by atoms with Crippen LogP contribution in [0.5, 0.6) is 0 Å². The van der Waals surface area contributed by atoms with Gasteiger partial charge in [-0.05, 0) is 51.0 Å². The van der Waals surface area contributed by atoms with Crippen molar-refractivity contribution in [2.45, 2.75) is 58.9 Å². The fourth-order valence-corrected chi connectivity index (χ4v) is 3.14. The van der Waals surface area contributed by atoms with Crippen LogP contribution < -0.4 is 5.32 Å². The van der Waals surface area contributed by atoms with E-state index in [1.54, 1.807) is 0 Å². The second kappa shape index (κ2) is 6.39. The highest BCUT2D eigenvalue weighted by molar-refractivity contribution is 5.81. The van der Waals surface area contributed by atoms with Gasteiger partial charge in [-0.2, -0.15) is 0 Å². The van der Waals surface area contributed by atoms with E-state index in [0.29, 0.717) is 18.4 Å². The number of nitrogens with one attached hydrogen (secondary N) is 1. The molecule has 0 aromatic rings. The van der Waals surface area contributed by atoms with Crippen molar-refractivity contribution in [3.05, 3.63) is 0 Å². The summed E-state index contributed by atoms with van der Waals surface area (Å²) in [5, 5.41) is 3.46. The lowest BCUT2D eigenvalue weighted by Gasteiger charge is -2.41. The SMILES string of the molecule is CCCNC1(C(=O)OCC)CC(C)CC(C)C1. The van der Waals surface area contributed by atoms with Crippen LogP contribution in [0, 0.1) is 11.8 Å². The van der Waals surface area contributed by atoms with Crippen molar-refractivity contribution >= 4 is 5.97 Å². The molecule has 0 saturated heterocycles. The minimum absolute atomic E-state index is 0.0492. The van der Waals surface area contributed by atoms with Crippen molar-refractivity contribution in [1.29, 1.82) is 0 Å². The first-order valence-corrected chi connectivity index (χ1v) is 6.96. The quantitative estimate of drug-likeness (QED) is 0.752. The molecule has 1 fully saturated rings. The lowest BCUT2D eigenvalue weighted by Crippen LogP contribution is -2.57. The van der Waals surface area contributed by atoms with Crippen LogP contribution in [0.4, 0.5) is 0 Å². The molecule has 0 aromatic heterocycles. The predicted octanol–water partition coefficient (Wildman–Crippen LogP) is 2.74. The van der Waals surface area contributed by atoms with Gasteiger partial charge in [0, 0.05) is 0 Å². The maximum Gasteiger partial charge on any atom is 0.326 e. The van der Waals surface area contributed by atoms with Gasteiger partial charge in [0.1, 0.15) is 5.54 Å². The molecule has 2 atom stereocenters. The number of rotatable bonds is 5. The Labute approximate surface area is 105 Å². The summed E-state index contributed by atoms with van der Waals surface area (Å²) in [6.07, 6.45) is 4.09.